The number of aromatic carboxylic acids is 1. The first kappa shape index (κ1) is 28.9. The van der Waals surface area contributed by atoms with E-state index < -0.39 is 17.0 Å². The lowest BCUT2D eigenvalue weighted by molar-refractivity contribution is -0.122. The number of carboxylic acid groups (broad SMARTS) is 1. The van der Waals surface area contributed by atoms with Crippen LogP contribution >= 0.6 is 0 Å². The molecular formula is C32H41N3O6. The number of carboxylic acids is 1. The summed E-state index contributed by atoms with van der Waals surface area (Å²) in [7, 11) is 0. The van der Waals surface area contributed by atoms with E-state index in [-0.39, 0.29) is 23.6 Å². The molecule has 41 heavy (non-hydrogen) atoms. The van der Waals surface area contributed by atoms with E-state index in [1.807, 2.05) is 45.9 Å². The zero-order valence-corrected chi connectivity index (χ0v) is 24.7. The van der Waals surface area contributed by atoms with Crippen molar-refractivity contribution in [3.8, 4) is 11.1 Å². The minimum atomic E-state index is -0.959. The number of nitrogens with one attached hydrogen (secondary N) is 1. The van der Waals surface area contributed by atoms with Gasteiger partial charge in [0.15, 0.2) is 0 Å². The zero-order valence-electron chi connectivity index (χ0n) is 24.7. The Bertz CT molecular complexity index is 1350. The summed E-state index contributed by atoms with van der Waals surface area (Å²) in [5.41, 5.74) is 4.00. The van der Waals surface area contributed by atoms with Gasteiger partial charge < -0.3 is 29.7 Å². The number of rotatable bonds is 5. The van der Waals surface area contributed by atoms with Gasteiger partial charge in [-0.2, -0.15) is 0 Å². The molecule has 2 fully saturated rings. The molecule has 0 aliphatic carbocycles. The van der Waals surface area contributed by atoms with E-state index >= 15 is 0 Å². The molecule has 0 unspecified atom stereocenters. The molecule has 0 bridgehead atoms. The second kappa shape index (κ2) is 11.0. The Balaban J connectivity index is 1.45. The van der Waals surface area contributed by atoms with Crippen molar-refractivity contribution in [2.24, 2.45) is 0 Å². The fourth-order valence-electron chi connectivity index (χ4n) is 6.51. The largest absolute Gasteiger partial charge is 0.478 e. The van der Waals surface area contributed by atoms with Gasteiger partial charge in [-0.25, -0.2) is 9.59 Å². The van der Waals surface area contributed by atoms with Crippen molar-refractivity contribution in [3.63, 3.8) is 0 Å². The lowest BCUT2D eigenvalue weighted by atomic mass is 9.73. The van der Waals surface area contributed by atoms with Gasteiger partial charge in [-0.15, -0.1) is 0 Å². The summed E-state index contributed by atoms with van der Waals surface area (Å²) in [6, 6.07) is 10.0. The van der Waals surface area contributed by atoms with Crippen molar-refractivity contribution >= 4 is 29.3 Å². The molecule has 0 saturated carbocycles. The molecule has 0 aromatic heterocycles. The van der Waals surface area contributed by atoms with Gasteiger partial charge in [0.1, 0.15) is 5.60 Å². The van der Waals surface area contributed by atoms with Crippen molar-refractivity contribution in [2.75, 3.05) is 43.1 Å². The van der Waals surface area contributed by atoms with Gasteiger partial charge in [0.05, 0.1) is 11.0 Å². The van der Waals surface area contributed by atoms with E-state index in [4.69, 9.17) is 9.47 Å². The predicted molar refractivity (Wildman–Crippen MR) is 158 cm³/mol. The van der Waals surface area contributed by atoms with Crippen molar-refractivity contribution in [1.29, 1.82) is 0 Å². The van der Waals surface area contributed by atoms with Crippen LogP contribution in [0.2, 0.25) is 0 Å². The molecule has 0 atom stereocenters. The summed E-state index contributed by atoms with van der Waals surface area (Å²) in [5.74, 6) is -1.01. The van der Waals surface area contributed by atoms with E-state index in [9.17, 15) is 19.5 Å². The quantitative estimate of drug-likeness (QED) is 0.488. The number of likely N-dealkylation sites (tertiary alicyclic amines) is 1. The SMILES string of the molecule is CCN(c1cc(-c2ccc3c(c2)NC(=O)C32CCN(C(=O)OC(C)(C)C)CC2)cc(C(=O)O)c1C)C1CCOCC1. The predicted octanol–water partition coefficient (Wildman–Crippen LogP) is 5.59. The van der Waals surface area contributed by atoms with Gasteiger partial charge in [0.2, 0.25) is 5.91 Å². The smallest absolute Gasteiger partial charge is 0.410 e. The molecule has 220 valence electrons. The maximum atomic E-state index is 13.4. The molecule has 2 amide bonds. The normalized spacial score (nSPS) is 18.7. The van der Waals surface area contributed by atoms with Crippen LogP contribution in [-0.4, -0.2) is 72.5 Å². The molecule has 3 aliphatic rings. The number of carbonyl (C=O) groups is 3. The molecule has 2 aromatic rings. The number of piperidine rings is 1. The standard InChI is InChI=1S/C32H41N3O6/c1-6-35(23-9-15-40-16-10-23)27-19-22(17-24(20(27)2)28(36)37)21-7-8-25-26(18-21)33-29(38)32(25)11-13-34(14-12-32)30(39)41-31(3,4)5/h7-8,17-19,23H,6,9-16H2,1-5H3,(H,33,38)(H,36,37). The summed E-state index contributed by atoms with van der Waals surface area (Å²) in [5, 5.41) is 13.2. The third kappa shape index (κ3) is 5.52. The molecule has 2 N–H and O–H groups in total. The Morgan fingerprint density at radius 1 is 1.12 bits per heavy atom. The van der Waals surface area contributed by atoms with Crippen LogP contribution in [0, 0.1) is 6.92 Å². The highest BCUT2D eigenvalue weighted by Gasteiger charge is 2.49. The minimum Gasteiger partial charge on any atom is -0.478 e. The summed E-state index contributed by atoms with van der Waals surface area (Å²) in [6.45, 7) is 12.5. The molecule has 9 heteroatoms. The first-order valence-corrected chi connectivity index (χ1v) is 14.6. The molecular weight excluding hydrogens is 522 g/mol. The maximum Gasteiger partial charge on any atom is 0.410 e. The van der Waals surface area contributed by atoms with Crippen molar-refractivity contribution < 1.29 is 29.0 Å². The third-order valence-electron chi connectivity index (χ3n) is 8.71. The van der Waals surface area contributed by atoms with Gasteiger partial charge in [-0.05, 0) is 101 Å². The highest BCUT2D eigenvalue weighted by Crippen LogP contribution is 2.46. The average molecular weight is 564 g/mol. The number of nitrogens with zero attached hydrogens (tertiary/aromatic N) is 2. The van der Waals surface area contributed by atoms with E-state index in [1.165, 1.54) is 0 Å². The van der Waals surface area contributed by atoms with E-state index in [0.29, 0.717) is 39.1 Å². The van der Waals surface area contributed by atoms with Crippen LogP contribution in [0.3, 0.4) is 0 Å². The van der Waals surface area contributed by atoms with Crippen molar-refractivity contribution in [3.05, 3.63) is 47.0 Å². The molecule has 1 spiro atoms. The maximum absolute atomic E-state index is 13.4. The number of fused-ring (bicyclic) bond motifs is 2. The lowest BCUT2D eigenvalue weighted by Crippen LogP contribution is -2.49. The first-order chi connectivity index (χ1) is 19.4. The van der Waals surface area contributed by atoms with E-state index in [2.05, 4.69) is 23.2 Å². The highest BCUT2D eigenvalue weighted by molar-refractivity contribution is 6.07. The van der Waals surface area contributed by atoms with Crippen LogP contribution < -0.4 is 10.2 Å². The van der Waals surface area contributed by atoms with E-state index in [1.54, 1.807) is 11.0 Å². The van der Waals surface area contributed by atoms with Gasteiger partial charge in [-0.1, -0.05) is 12.1 Å². The Morgan fingerprint density at radius 2 is 1.80 bits per heavy atom. The van der Waals surface area contributed by atoms with Gasteiger partial charge in [0, 0.05) is 50.3 Å². The first-order valence-electron chi connectivity index (χ1n) is 14.6. The van der Waals surface area contributed by atoms with Crippen molar-refractivity contribution in [2.45, 2.75) is 77.4 Å². The lowest BCUT2D eigenvalue weighted by Gasteiger charge is -2.38. The Hall–Kier alpha value is -3.59. The van der Waals surface area contributed by atoms with Crippen LogP contribution in [0.1, 0.15) is 74.9 Å². The number of hydrogen-bond donors (Lipinski definition) is 2. The summed E-state index contributed by atoms with van der Waals surface area (Å²) in [4.78, 5) is 42.2. The minimum absolute atomic E-state index is 0.0546. The molecule has 2 aromatic carbocycles. The monoisotopic (exact) mass is 563 g/mol. The van der Waals surface area contributed by atoms with Crippen molar-refractivity contribution in [1.82, 2.24) is 4.90 Å². The van der Waals surface area contributed by atoms with E-state index in [0.717, 1.165) is 53.0 Å². The van der Waals surface area contributed by atoms with Crippen LogP contribution in [0.25, 0.3) is 11.1 Å². The van der Waals surface area contributed by atoms with Gasteiger partial charge in [0.25, 0.3) is 0 Å². The summed E-state index contributed by atoms with van der Waals surface area (Å²) in [6.07, 6.45) is 2.47. The Morgan fingerprint density at radius 3 is 2.41 bits per heavy atom. The third-order valence-corrected chi connectivity index (χ3v) is 8.71. The van der Waals surface area contributed by atoms with Gasteiger partial charge in [-0.3, -0.25) is 4.79 Å². The molecule has 0 radical (unpaired) electrons. The Labute approximate surface area is 241 Å². The zero-order chi connectivity index (χ0) is 29.5. The second-order valence-corrected chi connectivity index (χ2v) is 12.4. The number of anilines is 2. The molecule has 9 nitrogen and oxygen atoms in total. The number of hydrogen-bond acceptors (Lipinski definition) is 6. The van der Waals surface area contributed by atoms with Crippen LogP contribution in [-0.2, 0) is 19.7 Å². The molecule has 5 rings (SSSR count). The molecule has 3 heterocycles. The van der Waals surface area contributed by atoms with Crippen LogP contribution in [0.5, 0.6) is 0 Å². The average Bonchev–Trinajstić information content (AvgIpc) is 3.19. The number of benzene rings is 2. The van der Waals surface area contributed by atoms with Crippen LogP contribution in [0.15, 0.2) is 30.3 Å². The molecule has 3 aliphatic heterocycles. The summed E-state index contributed by atoms with van der Waals surface area (Å²) < 4.78 is 11.1. The summed E-state index contributed by atoms with van der Waals surface area (Å²) >= 11 is 0. The number of carbonyl (C=O) groups excluding carboxylic acids is 2. The topological polar surface area (TPSA) is 108 Å². The highest BCUT2D eigenvalue weighted by atomic mass is 16.6. The number of ether oxygens (including phenoxy) is 2. The fourth-order valence-corrected chi connectivity index (χ4v) is 6.51. The Kier molecular flexibility index (Phi) is 7.76. The fraction of sp³-hybridized carbons (Fsp3) is 0.531. The number of amides is 2. The van der Waals surface area contributed by atoms with Crippen LogP contribution in [0.4, 0.5) is 16.2 Å². The second-order valence-electron chi connectivity index (χ2n) is 12.4. The molecule has 2 saturated heterocycles. The van der Waals surface area contributed by atoms with Gasteiger partial charge >= 0.3 is 12.1 Å².